The molecule has 0 unspecified atom stereocenters. The van der Waals surface area contributed by atoms with Crippen LogP contribution in [0, 0.1) is 0 Å². The summed E-state index contributed by atoms with van der Waals surface area (Å²) < 4.78 is 5.19. The molecule has 1 aromatic heterocycles. The summed E-state index contributed by atoms with van der Waals surface area (Å²) in [6, 6.07) is 5.46. The molecule has 0 atom stereocenters. The lowest BCUT2D eigenvalue weighted by Gasteiger charge is -1.99. The summed E-state index contributed by atoms with van der Waals surface area (Å²) in [6.45, 7) is -0.313. The molecule has 14 heavy (non-hydrogen) atoms. The molecular formula is C10H8O4. The highest BCUT2D eigenvalue weighted by atomic mass is 16.4. The maximum absolute atomic E-state index is 11.4. The molecule has 4 heteroatoms. The monoisotopic (exact) mass is 192 g/mol. The van der Waals surface area contributed by atoms with E-state index in [1.54, 1.807) is 0 Å². The number of phenols is 1. The first-order valence-electron chi connectivity index (χ1n) is 4.07. The first-order valence-corrected chi connectivity index (χ1v) is 4.07. The van der Waals surface area contributed by atoms with Gasteiger partial charge in [-0.05, 0) is 18.2 Å². The highest BCUT2D eigenvalue weighted by Crippen LogP contribution is 2.17. The molecule has 2 aromatic rings. The molecular weight excluding hydrogens is 184 g/mol. The van der Waals surface area contributed by atoms with Crippen molar-refractivity contribution in [1.29, 1.82) is 0 Å². The Morgan fingerprint density at radius 1 is 1.29 bits per heavy atom. The Kier molecular flexibility index (Phi) is 1.98. The predicted octanol–water partition coefficient (Wildman–Crippen LogP) is 0.991. The van der Waals surface area contributed by atoms with Crippen LogP contribution in [0.1, 0.15) is 5.76 Å². The summed E-state index contributed by atoms with van der Waals surface area (Å²) in [5, 5.41) is 18.3. The fourth-order valence-electron chi connectivity index (χ4n) is 1.27. The number of phenolic OH excluding ortho intramolecular Hbond substituents is 1. The maximum Gasteiger partial charge on any atom is 0.193 e. The Hall–Kier alpha value is -1.81. The lowest BCUT2D eigenvalue weighted by atomic mass is 10.2. The van der Waals surface area contributed by atoms with Crippen molar-refractivity contribution in [3.8, 4) is 5.75 Å². The number of fused-ring (bicyclic) bond motifs is 1. The van der Waals surface area contributed by atoms with Crippen LogP contribution in [0.2, 0.25) is 0 Å². The van der Waals surface area contributed by atoms with Crippen LogP contribution in [0.3, 0.4) is 0 Å². The minimum atomic E-state index is -0.313. The van der Waals surface area contributed by atoms with Crippen molar-refractivity contribution < 1.29 is 14.6 Å². The van der Waals surface area contributed by atoms with Gasteiger partial charge in [0, 0.05) is 6.07 Å². The van der Waals surface area contributed by atoms with E-state index >= 15 is 0 Å². The summed E-state index contributed by atoms with van der Waals surface area (Å²) in [5.74, 6) is 0.231. The summed E-state index contributed by atoms with van der Waals surface area (Å²) in [5.41, 5.74) is 0.0885. The topological polar surface area (TPSA) is 70.7 Å². The molecule has 2 rings (SSSR count). The van der Waals surface area contributed by atoms with Gasteiger partial charge in [0.25, 0.3) is 0 Å². The number of hydrogen-bond donors (Lipinski definition) is 2. The Balaban J connectivity index is 2.83. The van der Waals surface area contributed by atoms with Gasteiger partial charge in [-0.1, -0.05) is 0 Å². The van der Waals surface area contributed by atoms with E-state index in [0.29, 0.717) is 11.0 Å². The van der Waals surface area contributed by atoms with Crippen LogP contribution < -0.4 is 5.43 Å². The van der Waals surface area contributed by atoms with Gasteiger partial charge in [-0.2, -0.15) is 0 Å². The molecule has 0 saturated carbocycles. The van der Waals surface area contributed by atoms with E-state index in [-0.39, 0.29) is 23.5 Å². The van der Waals surface area contributed by atoms with E-state index in [4.69, 9.17) is 14.6 Å². The molecule has 0 aliphatic carbocycles. The SMILES string of the molecule is O=c1cc(CO)oc2ccc(O)cc12. The molecule has 0 aliphatic heterocycles. The van der Waals surface area contributed by atoms with Gasteiger partial charge in [-0.15, -0.1) is 0 Å². The molecule has 0 radical (unpaired) electrons. The zero-order valence-corrected chi connectivity index (χ0v) is 7.23. The molecule has 0 saturated heterocycles. The number of benzene rings is 1. The van der Waals surface area contributed by atoms with Crippen LogP contribution >= 0.6 is 0 Å². The van der Waals surface area contributed by atoms with E-state index < -0.39 is 0 Å². The zero-order chi connectivity index (χ0) is 10.1. The summed E-state index contributed by atoms with van der Waals surface area (Å²) >= 11 is 0. The summed E-state index contributed by atoms with van der Waals surface area (Å²) in [6.07, 6.45) is 0. The van der Waals surface area contributed by atoms with E-state index in [1.807, 2.05) is 0 Å². The first-order chi connectivity index (χ1) is 6.70. The molecule has 72 valence electrons. The number of aromatic hydroxyl groups is 1. The van der Waals surface area contributed by atoms with E-state index in [9.17, 15) is 4.79 Å². The predicted molar refractivity (Wildman–Crippen MR) is 50.1 cm³/mol. The number of rotatable bonds is 1. The largest absolute Gasteiger partial charge is 0.508 e. The van der Waals surface area contributed by atoms with Gasteiger partial charge >= 0.3 is 0 Å². The second-order valence-corrected chi connectivity index (χ2v) is 2.92. The average Bonchev–Trinajstić information content (AvgIpc) is 2.19. The zero-order valence-electron chi connectivity index (χ0n) is 7.23. The third-order valence-corrected chi connectivity index (χ3v) is 1.92. The van der Waals surface area contributed by atoms with Crippen molar-refractivity contribution in [2.75, 3.05) is 0 Å². The molecule has 2 N–H and O–H groups in total. The van der Waals surface area contributed by atoms with Gasteiger partial charge in [0.05, 0.1) is 5.39 Å². The second-order valence-electron chi connectivity index (χ2n) is 2.92. The van der Waals surface area contributed by atoms with Crippen molar-refractivity contribution in [3.63, 3.8) is 0 Å². The highest BCUT2D eigenvalue weighted by Gasteiger charge is 2.04. The number of aliphatic hydroxyl groups is 1. The second kappa shape index (κ2) is 3.16. The molecule has 0 spiro atoms. The standard InChI is InChI=1S/C10H8O4/c11-5-7-4-9(13)8-3-6(12)1-2-10(8)14-7/h1-4,11-12H,5H2. The average molecular weight is 192 g/mol. The lowest BCUT2D eigenvalue weighted by Crippen LogP contribution is -2.01. The third-order valence-electron chi connectivity index (χ3n) is 1.92. The van der Waals surface area contributed by atoms with Crippen molar-refractivity contribution >= 4 is 11.0 Å². The van der Waals surface area contributed by atoms with E-state index in [2.05, 4.69) is 0 Å². The molecule has 0 aliphatic rings. The number of hydrogen-bond acceptors (Lipinski definition) is 4. The van der Waals surface area contributed by atoms with Crippen LogP contribution in [-0.2, 0) is 6.61 Å². The molecule has 0 bridgehead atoms. The van der Waals surface area contributed by atoms with Gasteiger partial charge in [0.15, 0.2) is 5.43 Å². The van der Waals surface area contributed by atoms with Crippen molar-refractivity contribution in [2.45, 2.75) is 6.61 Å². The fourth-order valence-corrected chi connectivity index (χ4v) is 1.27. The van der Waals surface area contributed by atoms with Crippen LogP contribution in [-0.4, -0.2) is 10.2 Å². The number of aliphatic hydroxyl groups excluding tert-OH is 1. The van der Waals surface area contributed by atoms with Gasteiger partial charge in [0.2, 0.25) is 0 Å². The van der Waals surface area contributed by atoms with E-state index in [1.165, 1.54) is 24.3 Å². The minimum absolute atomic E-state index is 0.0153. The molecule has 1 aromatic carbocycles. The van der Waals surface area contributed by atoms with Crippen LogP contribution in [0.4, 0.5) is 0 Å². The van der Waals surface area contributed by atoms with Crippen molar-refractivity contribution in [3.05, 3.63) is 40.2 Å². The van der Waals surface area contributed by atoms with E-state index in [0.717, 1.165) is 0 Å². The van der Waals surface area contributed by atoms with Gasteiger partial charge in [-0.25, -0.2) is 0 Å². The Bertz CT molecular complexity index is 527. The van der Waals surface area contributed by atoms with Gasteiger partial charge in [-0.3, -0.25) is 4.79 Å². The smallest absolute Gasteiger partial charge is 0.193 e. The first kappa shape index (κ1) is 8.77. The molecule has 0 fully saturated rings. The van der Waals surface area contributed by atoms with Gasteiger partial charge < -0.3 is 14.6 Å². The quantitative estimate of drug-likeness (QED) is 0.706. The summed E-state index contributed by atoms with van der Waals surface area (Å²) in [4.78, 5) is 11.4. The van der Waals surface area contributed by atoms with Gasteiger partial charge in [0.1, 0.15) is 23.7 Å². The lowest BCUT2D eigenvalue weighted by molar-refractivity contribution is 0.249. The Labute approximate surface area is 79.0 Å². The minimum Gasteiger partial charge on any atom is -0.508 e. The maximum atomic E-state index is 11.4. The molecule has 1 heterocycles. The van der Waals surface area contributed by atoms with Crippen molar-refractivity contribution in [2.24, 2.45) is 0 Å². The highest BCUT2D eigenvalue weighted by molar-refractivity contribution is 5.77. The van der Waals surface area contributed by atoms with Crippen LogP contribution in [0.25, 0.3) is 11.0 Å². The Morgan fingerprint density at radius 3 is 2.79 bits per heavy atom. The van der Waals surface area contributed by atoms with Crippen LogP contribution in [0.15, 0.2) is 33.5 Å². The summed E-state index contributed by atoms with van der Waals surface area (Å²) in [7, 11) is 0. The normalized spacial score (nSPS) is 10.6. The molecule has 4 nitrogen and oxygen atoms in total. The van der Waals surface area contributed by atoms with Crippen molar-refractivity contribution in [1.82, 2.24) is 0 Å². The van der Waals surface area contributed by atoms with Crippen LogP contribution in [0.5, 0.6) is 5.75 Å². The molecule has 0 amide bonds. The third kappa shape index (κ3) is 1.36. The fraction of sp³-hybridized carbons (Fsp3) is 0.100. The Morgan fingerprint density at radius 2 is 2.07 bits per heavy atom.